The molecule has 0 aromatic heterocycles. The van der Waals surface area contributed by atoms with E-state index in [1.165, 1.54) is 0 Å². The lowest BCUT2D eigenvalue weighted by molar-refractivity contribution is -0.130. The van der Waals surface area contributed by atoms with Gasteiger partial charge in [0.15, 0.2) is 0 Å². The van der Waals surface area contributed by atoms with Crippen molar-refractivity contribution in [1.29, 1.82) is 5.41 Å². The lowest BCUT2D eigenvalue weighted by atomic mass is 10.2. The Morgan fingerprint density at radius 2 is 1.71 bits per heavy atom. The van der Waals surface area contributed by atoms with E-state index < -0.39 is 0 Å². The van der Waals surface area contributed by atoms with E-state index in [-0.39, 0.29) is 5.91 Å². The number of nitrogens with zero attached hydrogens (tertiary/aromatic N) is 2. The molecule has 1 amide bonds. The van der Waals surface area contributed by atoms with Crippen molar-refractivity contribution in [2.75, 3.05) is 26.2 Å². The summed E-state index contributed by atoms with van der Waals surface area (Å²) in [5.41, 5.74) is 0. The van der Waals surface area contributed by atoms with Gasteiger partial charge in [-0.25, -0.2) is 0 Å². The molecule has 1 aliphatic heterocycles. The lowest BCUT2D eigenvalue weighted by Crippen LogP contribution is -2.49. The summed E-state index contributed by atoms with van der Waals surface area (Å²) in [7, 11) is 0. The summed E-state index contributed by atoms with van der Waals surface area (Å²) in [6.45, 7) is 6.85. The lowest BCUT2D eigenvalue weighted by Gasteiger charge is -2.35. The quantitative estimate of drug-likeness (QED) is 0.529. The summed E-state index contributed by atoms with van der Waals surface area (Å²) in [6, 6.07) is 0. The fourth-order valence-corrected chi connectivity index (χ4v) is 1.69. The first-order chi connectivity index (χ1) is 6.65. The standard InChI is InChI=1S/C10H19N3O/c1-3-4-10(11)13-7-5-12(6-8-13)9(2)14/h11H,3-8H2,1-2H3. The fourth-order valence-electron chi connectivity index (χ4n) is 1.69. The molecule has 0 aromatic carbocycles. The van der Waals surface area contributed by atoms with Crippen LogP contribution in [0.2, 0.25) is 0 Å². The van der Waals surface area contributed by atoms with Crippen LogP contribution in [-0.4, -0.2) is 47.7 Å². The third kappa shape index (κ3) is 2.72. The van der Waals surface area contributed by atoms with Gasteiger partial charge in [-0.15, -0.1) is 0 Å². The Labute approximate surface area is 85.4 Å². The molecule has 14 heavy (non-hydrogen) atoms. The Hall–Kier alpha value is -1.06. The van der Waals surface area contributed by atoms with E-state index in [1.54, 1.807) is 6.92 Å². The van der Waals surface area contributed by atoms with E-state index in [1.807, 2.05) is 4.90 Å². The van der Waals surface area contributed by atoms with E-state index >= 15 is 0 Å². The predicted octanol–water partition coefficient (Wildman–Crippen LogP) is 0.928. The van der Waals surface area contributed by atoms with Crippen LogP contribution in [0.1, 0.15) is 26.7 Å². The van der Waals surface area contributed by atoms with Crippen LogP contribution in [0.5, 0.6) is 0 Å². The van der Waals surface area contributed by atoms with Gasteiger partial charge >= 0.3 is 0 Å². The summed E-state index contributed by atoms with van der Waals surface area (Å²) < 4.78 is 0. The van der Waals surface area contributed by atoms with Gasteiger partial charge in [0.1, 0.15) is 0 Å². The number of amides is 1. The van der Waals surface area contributed by atoms with Crippen molar-refractivity contribution < 1.29 is 4.79 Å². The van der Waals surface area contributed by atoms with Gasteiger partial charge in [-0.3, -0.25) is 10.2 Å². The molecule has 1 aliphatic rings. The highest BCUT2D eigenvalue weighted by Crippen LogP contribution is 2.05. The summed E-state index contributed by atoms with van der Waals surface area (Å²) >= 11 is 0. The minimum absolute atomic E-state index is 0.145. The highest BCUT2D eigenvalue weighted by molar-refractivity contribution is 5.79. The van der Waals surface area contributed by atoms with Crippen molar-refractivity contribution in [3.63, 3.8) is 0 Å². The number of hydrogen-bond donors (Lipinski definition) is 1. The zero-order chi connectivity index (χ0) is 10.6. The molecule has 80 valence electrons. The van der Waals surface area contributed by atoms with Gasteiger partial charge in [0, 0.05) is 39.5 Å². The number of carbonyl (C=O) groups is 1. The fraction of sp³-hybridized carbons (Fsp3) is 0.800. The number of hydrogen-bond acceptors (Lipinski definition) is 2. The van der Waals surface area contributed by atoms with Crippen LogP contribution in [0.4, 0.5) is 0 Å². The monoisotopic (exact) mass is 197 g/mol. The summed E-state index contributed by atoms with van der Waals surface area (Å²) in [4.78, 5) is 15.0. The molecular formula is C10H19N3O. The van der Waals surface area contributed by atoms with Gasteiger partial charge in [-0.2, -0.15) is 0 Å². The maximum atomic E-state index is 11.1. The second-order valence-corrected chi connectivity index (χ2v) is 3.69. The second-order valence-electron chi connectivity index (χ2n) is 3.69. The minimum Gasteiger partial charge on any atom is -0.357 e. The maximum Gasteiger partial charge on any atom is 0.219 e. The Bertz CT molecular complexity index is 219. The van der Waals surface area contributed by atoms with E-state index in [4.69, 9.17) is 5.41 Å². The molecule has 0 radical (unpaired) electrons. The topological polar surface area (TPSA) is 47.4 Å². The predicted molar refractivity (Wildman–Crippen MR) is 56.5 cm³/mol. The first-order valence-corrected chi connectivity index (χ1v) is 5.23. The molecule has 1 rings (SSSR count). The van der Waals surface area contributed by atoms with Crippen molar-refractivity contribution >= 4 is 11.7 Å². The van der Waals surface area contributed by atoms with Crippen LogP contribution in [0.3, 0.4) is 0 Å². The van der Waals surface area contributed by atoms with Crippen LogP contribution in [0.15, 0.2) is 0 Å². The molecule has 4 heteroatoms. The molecule has 0 aromatic rings. The van der Waals surface area contributed by atoms with Crippen LogP contribution in [0, 0.1) is 5.41 Å². The van der Waals surface area contributed by atoms with Crippen LogP contribution < -0.4 is 0 Å². The van der Waals surface area contributed by atoms with Crippen LogP contribution in [0.25, 0.3) is 0 Å². The Morgan fingerprint density at radius 1 is 1.21 bits per heavy atom. The molecule has 0 aliphatic carbocycles. The van der Waals surface area contributed by atoms with Crippen molar-refractivity contribution in [3.8, 4) is 0 Å². The van der Waals surface area contributed by atoms with E-state index in [0.29, 0.717) is 0 Å². The summed E-state index contributed by atoms with van der Waals surface area (Å²) in [6.07, 6.45) is 1.87. The largest absolute Gasteiger partial charge is 0.357 e. The van der Waals surface area contributed by atoms with E-state index in [0.717, 1.165) is 44.9 Å². The zero-order valence-electron chi connectivity index (χ0n) is 9.05. The molecule has 1 fully saturated rings. The van der Waals surface area contributed by atoms with Gasteiger partial charge < -0.3 is 9.80 Å². The number of piperazine rings is 1. The molecule has 0 saturated carbocycles. The third-order valence-electron chi connectivity index (χ3n) is 2.59. The summed E-state index contributed by atoms with van der Waals surface area (Å²) in [5.74, 6) is 0.863. The van der Waals surface area contributed by atoms with Gasteiger partial charge in [-0.1, -0.05) is 6.92 Å². The van der Waals surface area contributed by atoms with Crippen molar-refractivity contribution in [2.24, 2.45) is 0 Å². The first-order valence-electron chi connectivity index (χ1n) is 5.23. The highest BCUT2D eigenvalue weighted by atomic mass is 16.2. The van der Waals surface area contributed by atoms with Crippen LogP contribution in [-0.2, 0) is 4.79 Å². The van der Waals surface area contributed by atoms with Crippen molar-refractivity contribution in [3.05, 3.63) is 0 Å². The van der Waals surface area contributed by atoms with Gasteiger partial charge in [0.25, 0.3) is 0 Å². The molecule has 0 atom stereocenters. The number of rotatable bonds is 2. The molecule has 1 heterocycles. The van der Waals surface area contributed by atoms with E-state index in [2.05, 4.69) is 11.8 Å². The van der Waals surface area contributed by atoms with Gasteiger partial charge in [-0.05, 0) is 6.42 Å². The van der Waals surface area contributed by atoms with E-state index in [9.17, 15) is 4.79 Å². The molecule has 0 bridgehead atoms. The van der Waals surface area contributed by atoms with Crippen molar-refractivity contribution in [2.45, 2.75) is 26.7 Å². The Kier molecular flexibility index (Phi) is 3.92. The second kappa shape index (κ2) is 4.98. The average molecular weight is 197 g/mol. The average Bonchev–Trinajstić information content (AvgIpc) is 2.18. The highest BCUT2D eigenvalue weighted by Gasteiger charge is 2.19. The number of nitrogens with one attached hydrogen (secondary N) is 1. The number of amidine groups is 1. The third-order valence-corrected chi connectivity index (χ3v) is 2.59. The summed E-state index contributed by atoms with van der Waals surface area (Å²) in [5, 5.41) is 7.78. The number of carbonyl (C=O) groups excluding carboxylic acids is 1. The SMILES string of the molecule is CCCC(=N)N1CCN(C(C)=O)CC1. The molecular weight excluding hydrogens is 178 g/mol. The zero-order valence-corrected chi connectivity index (χ0v) is 9.05. The minimum atomic E-state index is 0.145. The van der Waals surface area contributed by atoms with Gasteiger partial charge in [0.2, 0.25) is 5.91 Å². The Morgan fingerprint density at radius 3 is 2.14 bits per heavy atom. The molecule has 0 spiro atoms. The normalized spacial score (nSPS) is 17.0. The van der Waals surface area contributed by atoms with Crippen molar-refractivity contribution in [1.82, 2.24) is 9.80 Å². The Balaban J connectivity index is 2.35. The molecule has 1 saturated heterocycles. The molecule has 1 N–H and O–H groups in total. The first kappa shape index (κ1) is 11.0. The smallest absolute Gasteiger partial charge is 0.219 e. The molecule has 4 nitrogen and oxygen atoms in total. The van der Waals surface area contributed by atoms with Gasteiger partial charge in [0.05, 0.1) is 5.84 Å². The molecule has 0 unspecified atom stereocenters. The maximum absolute atomic E-state index is 11.1. The van der Waals surface area contributed by atoms with Crippen LogP contribution >= 0.6 is 0 Å².